The molecule has 3 rings (SSSR count). The molecule has 0 saturated heterocycles. The molecule has 1 N–H and O–H groups in total. The zero-order valence-corrected chi connectivity index (χ0v) is 11.2. The van der Waals surface area contributed by atoms with Crippen molar-refractivity contribution in [3.05, 3.63) is 22.4 Å². The average Bonchev–Trinajstić information content (AvgIpc) is 2.88. The highest BCUT2D eigenvalue weighted by atomic mass is 32.1. The Bertz CT molecular complexity index is 347. The predicted octanol–water partition coefficient (Wildman–Crippen LogP) is 3.36. The Morgan fingerprint density at radius 3 is 2.88 bits per heavy atom. The van der Waals surface area contributed by atoms with E-state index in [1.54, 1.807) is 0 Å². The van der Waals surface area contributed by atoms with Gasteiger partial charge in [-0.15, -0.1) is 11.3 Å². The van der Waals surface area contributed by atoms with E-state index < -0.39 is 0 Å². The highest BCUT2D eigenvalue weighted by molar-refractivity contribution is 7.10. The molecule has 2 aliphatic carbocycles. The van der Waals surface area contributed by atoms with Crippen molar-refractivity contribution in [2.75, 3.05) is 7.11 Å². The van der Waals surface area contributed by atoms with E-state index in [9.17, 15) is 0 Å². The number of thiophene rings is 1. The molecule has 2 nitrogen and oxygen atoms in total. The first-order valence-electron chi connectivity index (χ1n) is 6.70. The fraction of sp³-hybridized carbons (Fsp3) is 0.714. The smallest absolute Gasteiger partial charge is 0.0724 e. The number of rotatable bonds is 5. The summed E-state index contributed by atoms with van der Waals surface area (Å²) in [5.41, 5.74) is 0. The Morgan fingerprint density at radius 2 is 2.24 bits per heavy atom. The molecule has 3 heteroatoms. The molecule has 0 amide bonds. The van der Waals surface area contributed by atoms with Crippen LogP contribution in [0, 0.1) is 5.92 Å². The molecule has 0 aromatic carbocycles. The van der Waals surface area contributed by atoms with E-state index in [4.69, 9.17) is 4.74 Å². The summed E-state index contributed by atoms with van der Waals surface area (Å²) in [5.74, 6) is 0.867. The lowest BCUT2D eigenvalue weighted by Crippen LogP contribution is -2.39. The van der Waals surface area contributed by atoms with Crippen LogP contribution in [-0.2, 0) is 4.74 Å². The van der Waals surface area contributed by atoms with E-state index in [0.717, 1.165) is 5.92 Å². The summed E-state index contributed by atoms with van der Waals surface area (Å²) in [4.78, 5) is 1.51. The third kappa shape index (κ3) is 2.56. The second-order valence-electron chi connectivity index (χ2n) is 5.31. The summed E-state index contributed by atoms with van der Waals surface area (Å²) in [7, 11) is 1.85. The first-order valence-corrected chi connectivity index (χ1v) is 7.58. The van der Waals surface area contributed by atoms with Gasteiger partial charge in [-0.1, -0.05) is 6.07 Å². The molecule has 0 radical (unpaired) electrons. The van der Waals surface area contributed by atoms with Crippen LogP contribution in [0.5, 0.6) is 0 Å². The van der Waals surface area contributed by atoms with Crippen LogP contribution in [0.15, 0.2) is 17.5 Å². The molecule has 2 fully saturated rings. The maximum Gasteiger partial charge on any atom is 0.0724 e. The van der Waals surface area contributed by atoms with Gasteiger partial charge in [-0.05, 0) is 49.5 Å². The van der Waals surface area contributed by atoms with Crippen molar-refractivity contribution in [1.29, 1.82) is 0 Å². The summed E-state index contributed by atoms with van der Waals surface area (Å²) in [6, 6.07) is 5.58. The molecule has 17 heavy (non-hydrogen) atoms. The minimum Gasteiger partial charge on any atom is -0.380 e. The second-order valence-corrected chi connectivity index (χ2v) is 6.29. The van der Waals surface area contributed by atoms with Gasteiger partial charge in [0.05, 0.1) is 6.10 Å². The van der Waals surface area contributed by atoms with Gasteiger partial charge >= 0.3 is 0 Å². The van der Waals surface area contributed by atoms with Gasteiger partial charge in [0.15, 0.2) is 0 Å². The molecule has 1 heterocycles. The Labute approximate surface area is 107 Å². The van der Waals surface area contributed by atoms with Gasteiger partial charge in [-0.2, -0.15) is 0 Å². The van der Waals surface area contributed by atoms with Crippen molar-refractivity contribution >= 4 is 11.3 Å². The molecule has 1 aromatic rings. The topological polar surface area (TPSA) is 21.3 Å². The number of hydrogen-bond donors (Lipinski definition) is 1. The lowest BCUT2D eigenvalue weighted by atomic mass is 10.1. The van der Waals surface area contributed by atoms with Gasteiger partial charge in [0.25, 0.3) is 0 Å². The fourth-order valence-corrected chi connectivity index (χ4v) is 3.86. The molecule has 0 aliphatic heterocycles. The molecule has 94 valence electrons. The lowest BCUT2D eigenvalue weighted by Gasteiger charge is -2.26. The van der Waals surface area contributed by atoms with Crippen molar-refractivity contribution in [3.63, 3.8) is 0 Å². The highest BCUT2D eigenvalue weighted by Gasteiger charge is 2.37. The third-order valence-corrected chi connectivity index (χ3v) is 5.05. The van der Waals surface area contributed by atoms with Crippen LogP contribution in [0.2, 0.25) is 0 Å². The maximum atomic E-state index is 5.58. The summed E-state index contributed by atoms with van der Waals surface area (Å²) in [6.45, 7) is 0. The quantitative estimate of drug-likeness (QED) is 0.866. The zero-order chi connectivity index (χ0) is 11.7. The molecule has 1 aromatic heterocycles. The Kier molecular flexibility index (Phi) is 3.50. The second kappa shape index (κ2) is 5.09. The Balaban J connectivity index is 1.68. The van der Waals surface area contributed by atoms with Gasteiger partial charge < -0.3 is 10.1 Å². The van der Waals surface area contributed by atoms with Crippen molar-refractivity contribution in [2.24, 2.45) is 5.92 Å². The fourth-order valence-electron chi connectivity index (χ4n) is 2.98. The van der Waals surface area contributed by atoms with Crippen LogP contribution in [0.25, 0.3) is 0 Å². The minimum absolute atomic E-state index is 0.427. The average molecular weight is 251 g/mol. The molecule has 3 atom stereocenters. The molecular formula is C14H21NOS. The number of nitrogens with one attached hydrogen (secondary N) is 1. The Hall–Kier alpha value is -0.380. The van der Waals surface area contributed by atoms with Crippen molar-refractivity contribution < 1.29 is 4.74 Å². The zero-order valence-electron chi connectivity index (χ0n) is 10.4. The van der Waals surface area contributed by atoms with Crippen LogP contribution in [0.4, 0.5) is 0 Å². The summed E-state index contributed by atoms with van der Waals surface area (Å²) in [5, 5.41) is 6.06. The van der Waals surface area contributed by atoms with Gasteiger partial charge in [-0.25, -0.2) is 0 Å². The molecular weight excluding hydrogens is 230 g/mol. The van der Waals surface area contributed by atoms with E-state index in [0.29, 0.717) is 18.2 Å². The summed E-state index contributed by atoms with van der Waals surface area (Å²) >= 11 is 1.89. The van der Waals surface area contributed by atoms with Gasteiger partial charge in [0.2, 0.25) is 0 Å². The lowest BCUT2D eigenvalue weighted by molar-refractivity contribution is 0.0802. The number of methoxy groups -OCH3 is 1. The standard InChI is InChI=1S/C14H21NOS/c1-16-12-5-2-4-11(12)15-14(10-7-8-10)13-6-3-9-17-13/h3,6,9-12,14-15H,2,4-5,7-8H2,1H3. The number of hydrogen-bond acceptors (Lipinski definition) is 3. The number of ether oxygens (including phenoxy) is 1. The third-order valence-electron chi connectivity index (χ3n) is 4.09. The van der Waals surface area contributed by atoms with Gasteiger partial charge in [-0.3, -0.25) is 0 Å². The van der Waals surface area contributed by atoms with Crippen molar-refractivity contribution in [2.45, 2.75) is 50.3 Å². The first-order chi connectivity index (χ1) is 8.38. The van der Waals surface area contributed by atoms with E-state index in [1.807, 2.05) is 18.4 Å². The first kappa shape index (κ1) is 11.7. The van der Waals surface area contributed by atoms with E-state index in [1.165, 1.54) is 37.0 Å². The Morgan fingerprint density at radius 1 is 1.35 bits per heavy atom. The van der Waals surface area contributed by atoms with Crippen LogP contribution in [0.1, 0.15) is 43.0 Å². The molecule has 2 saturated carbocycles. The van der Waals surface area contributed by atoms with Crippen molar-refractivity contribution in [3.8, 4) is 0 Å². The van der Waals surface area contributed by atoms with Crippen LogP contribution < -0.4 is 5.32 Å². The summed E-state index contributed by atoms with van der Waals surface area (Å²) in [6.07, 6.45) is 7.00. The molecule has 0 spiro atoms. The normalized spacial score (nSPS) is 30.6. The predicted molar refractivity (Wildman–Crippen MR) is 71.4 cm³/mol. The van der Waals surface area contributed by atoms with Crippen LogP contribution in [0.3, 0.4) is 0 Å². The monoisotopic (exact) mass is 251 g/mol. The largest absolute Gasteiger partial charge is 0.380 e. The minimum atomic E-state index is 0.427. The van der Waals surface area contributed by atoms with E-state index in [-0.39, 0.29) is 0 Å². The summed E-state index contributed by atoms with van der Waals surface area (Å²) < 4.78 is 5.58. The molecule has 0 bridgehead atoms. The SMILES string of the molecule is COC1CCCC1NC(c1cccs1)C1CC1. The maximum absolute atomic E-state index is 5.58. The molecule has 3 unspecified atom stereocenters. The van der Waals surface area contributed by atoms with E-state index >= 15 is 0 Å². The van der Waals surface area contributed by atoms with Gasteiger partial charge in [0, 0.05) is 24.1 Å². The van der Waals surface area contributed by atoms with Crippen LogP contribution >= 0.6 is 11.3 Å². The highest BCUT2D eigenvalue weighted by Crippen LogP contribution is 2.43. The molecule has 2 aliphatic rings. The van der Waals surface area contributed by atoms with Crippen LogP contribution in [-0.4, -0.2) is 19.3 Å². The van der Waals surface area contributed by atoms with E-state index in [2.05, 4.69) is 22.8 Å². The van der Waals surface area contributed by atoms with Crippen molar-refractivity contribution in [1.82, 2.24) is 5.32 Å². The van der Waals surface area contributed by atoms with Gasteiger partial charge in [0.1, 0.15) is 0 Å².